The number of hydrogen-bond acceptors (Lipinski definition) is 4. The number of nitrogens with zero attached hydrogens (tertiary/aromatic N) is 3. The summed E-state index contributed by atoms with van der Waals surface area (Å²) in [6.45, 7) is 5.39. The van der Waals surface area contributed by atoms with Gasteiger partial charge in [0.05, 0.1) is 6.54 Å². The van der Waals surface area contributed by atoms with Crippen molar-refractivity contribution in [2.24, 2.45) is 0 Å². The standard InChI is InChI=1S/C24H29FN4O2/c25-20-9-7-19(8-10-20)17-27-11-3-12-28(15-14-27)18-23(30)26-21-4-1-5-22(16-21)29-13-2-6-24(29)31/h1,4-5,7-10,16H,2-3,6,11-15,17-18H2,(H,26,30). The van der Waals surface area contributed by atoms with Crippen LogP contribution in [0.25, 0.3) is 0 Å². The van der Waals surface area contributed by atoms with E-state index in [1.165, 1.54) is 12.1 Å². The Morgan fingerprint density at radius 1 is 0.935 bits per heavy atom. The molecule has 2 aromatic rings. The van der Waals surface area contributed by atoms with E-state index in [9.17, 15) is 14.0 Å². The number of carbonyl (C=O) groups excluding carboxylic acids is 2. The van der Waals surface area contributed by atoms with Crippen molar-refractivity contribution in [3.05, 3.63) is 59.9 Å². The third-order valence-electron chi connectivity index (χ3n) is 5.88. The molecule has 0 spiro atoms. The summed E-state index contributed by atoms with van der Waals surface area (Å²) in [5, 5.41) is 2.98. The quantitative estimate of drug-likeness (QED) is 0.774. The predicted molar refractivity (Wildman–Crippen MR) is 119 cm³/mol. The highest BCUT2D eigenvalue weighted by Gasteiger charge is 2.22. The molecule has 6 nitrogen and oxygen atoms in total. The van der Waals surface area contributed by atoms with Gasteiger partial charge in [0.25, 0.3) is 0 Å². The average molecular weight is 425 g/mol. The minimum absolute atomic E-state index is 0.0446. The molecule has 0 aromatic heterocycles. The molecule has 4 rings (SSSR count). The van der Waals surface area contributed by atoms with E-state index in [0.29, 0.717) is 13.0 Å². The monoisotopic (exact) mass is 424 g/mol. The van der Waals surface area contributed by atoms with Crippen LogP contribution in [0.4, 0.5) is 15.8 Å². The van der Waals surface area contributed by atoms with Crippen LogP contribution in [-0.2, 0) is 16.1 Å². The van der Waals surface area contributed by atoms with Crippen molar-refractivity contribution in [1.82, 2.24) is 9.80 Å². The Kier molecular flexibility index (Phi) is 6.94. The molecule has 2 fully saturated rings. The van der Waals surface area contributed by atoms with Crippen LogP contribution in [0.1, 0.15) is 24.8 Å². The summed E-state index contributed by atoms with van der Waals surface area (Å²) in [6.07, 6.45) is 2.45. The Morgan fingerprint density at radius 3 is 2.48 bits per heavy atom. The molecule has 0 radical (unpaired) electrons. The number of anilines is 2. The molecule has 2 saturated heterocycles. The molecule has 2 aliphatic heterocycles. The molecule has 2 amide bonds. The van der Waals surface area contributed by atoms with Gasteiger partial charge in [-0.15, -0.1) is 0 Å². The van der Waals surface area contributed by atoms with Gasteiger partial charge in [-0.1, -0.05) is 18.2 Å². The smallest absolute Gasteiger partial charge is 0.238 e. The fourth-order valence-electron chi connectivity index (χ4n) is 4.26. The Balaban J connectivity index is 1.27. The summed E-state index contributed by atoms with van der Waals surface area (Å²) in [5.74, 6) is -0.121. The van der Waals surface area contributed by atoms with Gasteiger partial charge in [-0.2, -0.15) is 0 Å². The predicted octanol–water partition coefficient (Wildman–Crippen LogP) is 3.10. The highest BCUT2D eigenvalue weighted by atomic mass is 19.1. The fourth-order valence-corrected chi connectivity index (χ4v) is 4.26. The minimum Gasteiger partial charge on any atom is -0.325 e. The van der Waals surface area contributed by atoms with Crippen LogP contribution in [-0.4, -0.2) is 60.9 Å². The van der Waals surface area contributed by atoms with Crippen molar-refractivity contribution in [2.75, 3.05) is 49.5 Å². The van der Waals surface area contributed by atoms with Crippen molar-refractivity contribution >= 4 is 23.2 Å². The first-order chi connectivity index (χ1) is 15.1. The molecule has 0 aliphatic carbocycles. The molecule has 164 valence electrons. The molecular weight excluding hydrogens is 395 g/mol. The van der Waals surface area contributed by atoms with E-state index in [4.69, 9.17) is 0 Å². The Morgan fingerprint density at radius 2 is 1.71 bits per heavy atom. The van der Waals surface area contributed by atoms with Crippen LogP contribution in [0, 0.1) is 5.82 Å². The lowest BCUT2D eigenvalue weighted by molar-refractivity contribution is -0.117. The van der Waals surface area contributed by atoms with Crippen LogP contribution < -0.4 is 10.2 Å². The van der Waals surface area contributed by atoms with Crippen LogP contribution in [0.3, 0.4) is 0 Å². The Bertz CT molecular complexity index is 918. The number of nitrogens with one attached hydrogen (secondary N) is 1. The van der Waals surface area contributed by atoms with Crippen LogP contribution >= 0.6 is 0 Å². The summed E-state index contributed by atoms with van der Waals surface area (Å²) in [4.78, 5) is 30.9. The molecule has 1 N–H and O–H groups in total. The van der Waals surface area contributed by atoms with E-state index in [2.05, 4.69) is 15.1 Å². The normalized spacial score (nSPS) is 18.2. The van der Waals surface area contributed by atoms with Gasteiger partial charge >= 0.3 is 0 Å². The third-order valence-corrected chi connectivity index (χ3v) is 5.88. The summed E-state index contributed by atoms with van der Waals surface area (Å²) < 4.78 is 13.1. The lowest BCUT2D eigenvalue weighted by Gasteiger charge is -2.22. The lowest BCUT2D eigenvalue weighted by Crippen LogP contribution is -2.36. The van der Waals surface area contributed by atoms with Gasteiger partial charge in [0.2, 0.25) is 11.8 Å². The van der Waals surface area contributed by atoms with Gasteiger partial charge in [0, 0.05) is 44.0 Å². The maximum absolute atomic E-state index is 13.1. The van der Waals surface area contributed by atoms with E-state index in [0.717, 1.165) is 69.0 Å². The molecule has 2 aromatic carbocycles. The molecule has 0 unspecified atom stereocenters. The van der Waals surface area contributed by atoms with Crippen LogP contribution in [0.15, 0.2) is 48.5 Å². The molecule has 31 heavy (non-hydrogen) atoms. The minimum atomic E-state index is -0.214. The first kappa shape index (κ1) is 21.5. The first-order valence-electron chi connectivity index (χ1n) is 11.0. The second-order valence-electron chi connectivity index (χ2n) is 8.28. The van der Waals surface area contributed by atoms with Crippen molar-refractivity contribution in [1.29, 1.82) is 0 Å². The summed E-state index contributed by atoms with van der Waals surface area (Å²) in [6, 6.07) is 14.2. The van der Waals surface area contributed by atoms with Crippen LogP contribution in [0.2, 0.25) is 0 Å². The number of halogens is 1. The number of hydrogen-bond donors (Lipinski definition) is 1. The molecular formula is C24H29FN4O2. The second kappa shape index (κ2) is 10.0. The number of rotatable bonds is 6. The average Bonchev–Trinajstić information content (AvgIpc) is 3.07. The number of carbonyl (C=O) groups is 2. The fraction of sp³-hybridized carbons (Fsp3) is 0.417. The molecule has 0 saturated carbocycles. The SMILES string of the molecule is O=C(CN1CCCN(Cc2ccc(F)cc2)CC1)Nc1cccc(N2CCCC2=O)c1. The second-order valence-corrected chi connectivity index (χ2v) is 8.28. The highest BCUT2D eigenvalue weighted by molar-refractivity contribution is 5.97. The lowest BCUT2D eigenvalue weighted by atomic mass is 10.2. The first-order valence-corrected chi connectivity index (χ1v) is 11.0. The summed E-state index contributed by atoms with van der Waals surface area (Å²) >= 11 is 0. The van der Waals surface area contributed by atoms with Crippen molar-refractivity contribution < 1.29 is 14.0 Å². The largest absolute Gasteiger partial charge is 0.325 e. The van der Waals surface area contributed by atoms with Crippen molar-refractivity contribution in [2.45, 2.75) is 25.8 Å². The molecule has 0 atom stereocenters. The van der Waals surface area contributed by atoms with Gasteiger partial charge in [-0.05, 0) is 61.8 Å². The van der Waals surface area contributed by atoms with E-state index in [1.54, 1.807) is 4.90 Å². The molecule has 0 bridgehead atoms. The van der Waals surface area contributed by atoms with Gasteiger partial charge in [0.15, 0.2) is 0 Å². The van der Waals surface area contributed by atoms with E-state index in [1.807, 2.05) is 36.4 Å². The maximum Gasteiger partial charge on any atom is 0.238 e. The number of amides is 2. The van der Waals surface area contributed by atoms with E-state index in [-0.39, 0.29) is 17.6 Å². The zero-order valence-corrected chi connectivity index (χ0v) is 17.7. The third kappa shape index (κ3) is 5.89. The van der Waals surface area contributed by atoms with Gasteiger partial charge < -0.3 is 10.2 Å². The molecule has 7 heteroatoms. The number of benzene rings is 2. The summed E-state index contributed by atoms with van der Waals surface area (Å²) in [5.41, 5.74) is 2.66. The van der Waals surface area contributed by atoms with E-state index >= 15 is 0 Å². The van der Waals surface area contributed by atoms with Gasteiger partial charge in [0.1, 0.15) is 5.82 Å². The molecule has 2 heterocycles. The zero-order chi connectivity index (χ0) is 21.6. The van der Waals surface area contributed by atoms with Gasteiger partial charge in [-0.25, -0.2) is 4.39 Å². The Labute approximate surface area is 182 Å². The maximum atomic E-state index is 13.1. The molecule has 2 aliphatic rings. The Hall–Kier alpha value is -2.77. The van der Waals surface area contributed by atoms with Crippen molar-refractivity contribution in [3.8, 4) is 0 Å². The van der Waals surface area contributed by atoms with E-state index < -0.39 is 0 Å². The van der Waals surface area contributed by atoms with Gasteiger partial charge in [-0.3, -0.25) is 19.4 Å². The highest BCUT2D eigenvalue weighted by Crippen LogP contribution is 2.24. The van der Waals surface area contributed by atoms with Crippen LogP contribution in [0.5, 0.6) is 0 Å². The van der Waals surface area contributed by atoms with Crippen molar-refractivity contribution in [3.63, 3.8) is 0 Å². The summed E-state index contributed by atoms with van der Waals surface area (Å²) in [7, 11) is 0. The topological polar surface area (TPSA) is 55.9 Å². The zero-order valence-electron chi connectivity index (χ0n) is 17.7.